The van der Waals surface area contributed by atoms with Crippen LogP contribution in [0.25, 0.3) is 10.7 Å². The molecule has 2 rings (SSSR count). The van der Waals surface area contributed by atoms with Crippen molar-refractivity contribution in [3.05, 3.63) is 23.4 Å². The van der Waals surface area contributed by atoms with Gasteiger partial charge in [0.15, 0.2) is 0 Å². The molecule has 0 radical (unpaired) electrons. The van der Waals surface area contributed by atoms with Gasteiger partial charge in [-0.3, -0.25) is 0 Å². The third kappa shape index (κ3) is 3.07. The normalized spacial score (nSPS) is 10.3. The summed E-state index contributed by atoms with van der Waals surface area (Å²) < 4.78 is 5.11. The molecule has 0 aliphatic rings. The molecule has 18 heavy (non-hydrogen) atoms. The second-order valence-electron chi connectivity index (χ2n) is 3.87. The predicted octanol–water partition coefficient (Wildman–Crippen LogP) is 1.61. The topological polar surface area (TPSA) is 71.3 Å². The van der Waals surface area contributed by atoms with Crippen molar-refractivity contribution >= 4 is 17.4 Å². The molecule has 1 N–H and O–H groups in total. The number of thiophene rings is 1. The Morgan fingerprint density at radius 2 is 2.39 bits per heavy atom. The number of aromatic nitrogens is 2. The Kier molecular flexibility index (Phi) is 3.93. The fraction of sp³-hybridized carbons (Fsp3) is 0.364. The van der Waals surface area contributed by atoms with Crippen molar-refractivity contribution in [3.63, 3.8) is 0 Å². The fourth-order valence-electron chi connectivity index (χ4n) is 1.30. The van der Waals surface area contributed by atoms with Crippen LogP contribution < -0.4 is 5.32 Å². The zero-order valence-corrected chi connectivity index (χ0v) is 11.0. The molecule has 2 amide bonds. The monoisotopic (exact) mass is 266 g/mol. The Morgan fingerprint density at radius 1 is 1.56 bits per heavy atom. The van der Waals surface area contributed by atoms with Crippen molar-refractivity contribution in [2.75, 3.05) is 20.6 Å². The Labute approximate surface area is 109 Å². The van der Waals surface area contributed by atoms with E-state index in [4.69, 9.17) is 4.52 Å². The number of nitrogens with one attached hydrogen (secondary N) is 1. The highest BCUT2D eigenvalue weighted by Crippen LogP contribution is 2.21. The van der Waals surface area contributed by atoms with E-state index in [2.05, 4.69) is 15.5 Å². The number of amides is 2. The van der Waals surface area contributed by atoms with Crippen LogP contribution in [-0.2, 0) is 6.42 Å². The molecule has 0 aromatic carbocycles. The molecule has 2 heterocycles. The number of carbonyl (C=O) groups excluding carboxylic acids is 1. The van der Waals surface area contributed by atoms with Crippen molar-refractivity contribution in [1.82, 2.24) is 20.4 Å². The molecule has 0 saturated heterocycles. The van der Waals surface area contributed by atoms with Crippen LogP contribution in [-0.4, -0.2) is 41.7 Å². The fourth-order valence-corrected chi connectivity index (χ4v) is 1.95. The molecular formula is C11H14N4O2S. The molecule has 0 bridgehead atoms. The first-order valence-electron chi connectivity index (χ1n) is 5.48. The number of hydrogen-bond donors (Lipinski definition) is 1. The van der Waals surface area contributed by atoms with Crippen LogP contribution in [0.3, 0.4) is 0 Å². The van der Waals surface area contributed by atoms with Gasteiger partial charge in [0.25, 0.3) is 0 Å². The van der Waals surface area contributed by atoms with Crippen molar-refractivity contribution in [2.24, 2.45) is 0 Å². The molecule has 2 aromatic heterocycles. The summed E-state index contributed by atoms with van der Waals surface area (Å²) in [4.78, 5) is 18.0. The second kappa shape index (κ2) is 5.63. The van der Waals surface area contributed by atoms with Crippen molar-refractivity contribution in [3.8, 4) is 10.7 Å². The van der Waals surface area contributed by atoms with Gasteiger partial charge in [0.1, 0.15) is 0 Å². The van der Waals surface area contributed by atoms with Crippen molar-refractivity contribution in [2.45, 2.75) is 6.42 Å². The summed E-state index contributed by atoms with van der Waals surface area (Å²) in [5.41, 5.74) is 0. The van der Waals surface area contributed by atoms with E-state index in [-0.39, 0.29) is 6.03 Å². The summed E-state index contributed by atoms with van der Waals surface area (Å²) in [7, 11) is 3.38. The van der Waals surface area contributed by atoms with E-state index in [0.29, 0.717) is 24.7 Å². The Hall–Kier alpha value is -1.89. The SMILES string of the molecule is CN(C)C(=O)NCCc1nc(-c2cccs2)no1. The zero-order chi connectivity index (χ0) is 13.0. The number of nitrogens with zero attached hydrogens (tertiary/aromatic N) is 3. The van der Waals surface area contributed by atoms with Crippen molar-refractivity contribution in [1.29, 1.82) is 0 Å². The van der Waals surface area contributed by atoms with E-state index in [1.54, 1.807) is 25.4 Å². The van der Waals surface area contributed by atoms with Crippen LogP contribution in [0.2, 0.25) is 0 Å². The molecule has 0 spiro atoms. The number of carbonyl (C=O) groups is 1. The molecule has 0 atom stereocenters. The van der Waals surface area contributed by atoms with Gasteiger partial charge in [0.2, 0.25) is 11.7 Å². The van der Waals surface area contributed by atoms with Gasteiger partial charge in [0.05, 0.1) is 4.88 Å². The summed E-state index contributed by atoms with van der Waals surface area (Å²) in [5.74, 6) is 1.12. The Balaban J connectivity index is 1.86. The summed E-state index contributed by atoms with van der Waals surface area (Å²) in [6.07, 6.45) is 0.526. The zero-order valence-electron chi connectivity index (χ0n) is 10.2. The van der Waals surface area contributed by atoms with Gasteiger partial charge >= 0.3 is 6.03 Å². The summed E-state index contributed by atoms with van der Waals surface area (Å²) in [5, 5.41) is 8.59. The lowest BCUT2D eigenvalue weighted by atomic mass is 10.4. The van der Waals surface area contributed by atoms with E-state index < -0.39 is 0 Å². The summed E-state index contributed by atoms with van der Waals surface area (Å²) >= 11 is 1.56. The minimum Gasteiger partial charge on any atom is -0.339 e. The maximum atomic E-state index is 11.3. The Bertz CT molecular complexity index is 507. The first-order valence-corrected chi connectivity index (χ1v) is 6.36. The maximum absolute atomic E-state index is 11.3. The van der Waals surface area contributed by atoms with Gasteiger partial charge in [-0.15, -0.1) is 11.3 Å². The highest BCUT2D eigenvalue weighted by atomic mass is 32.1. The van der Waals surface area contributed by atoms with Crippen LogP contribution in [0.4, 0.5) is 4.79 Å². The number of urea groups is 1. The third-order valence-electron chi connectivity index (χ3n) is 2.23. The standard InChI is InChI=1S/C11H14N4O2S/c1-15(2)11(16)12-6-5-9-13-10(14-17-9)8-4-3-7-18-8/h3-4,7H,5-6H2,1-2H3,(H,12,16). The van der Waals surface area contributed by atoms with E-state index in [1.165, 1.54) is 4.90 Å². The van der Waals surface area contributed by atoms with Crippen molar-refractivity contribution < 1.29 is 9.32 Å². The molecule has 2 aromatic rings. The van der Waals surface area contributed by atoms with Crippen LogP contribution in [0.5, 0.6) is 0 Å². The summed E-state index contributed by atoms with van der Waals surface area (Å²) in [6.45, 7) is 0.475. The minimum absolute atomic E-state index is 0.131. The van der Waals surface area contributed by atoms with Crippen LogP contribution in [0.15, 0.2) is 22.0 Å². The molecule has 0 unspecified atom stereocenters. The van der Waals surface area contributed by atoms with Crippen LogP contribution in [0.1, 0.15) is 5.89 Å². The smallest absolute Gasteiger partial charge is 0.316 e. The van der Waals surface area contributed by atoms with Gasteiger partial charge in [-0.1, -0.05) is 11.2 Å². The largest absolute Gasteiger partial charge is 0.339 e. The van der Waals surface area contributed by atoms with E-state index in [0.717, 1.165) is 4.88 Å². The van der Waals surface area contributed by atoms with Gasteiger partial charge in [-0.2, -0.15) is 4.98 Å². The first-order chi connectivity index (χ1) is 8.66. The molecule has 0 saturated carbocycles. The highest BCUT2D eigenvalue weighted by molar-refractivity contribution is 7.13. The Morgan fingerprint density at radius 3 is 3.06 bits per heavy atom. The lowest BCUT2D eigenvalue weighted by Crippen LogP contribution is -2.35. The number of hydrogen-bond acceptors (Lipinski definition) is 5. The molecule has 96 valence electrons. The van der Waals surface area contributed by atoms with Gasteiger partial charge < -0.3 is 14.7 Å². The minimum atomic E-state index is -0.131. The maximum Gasteiger partial charge on any atom is 0.316 e. The third-order valence-corrected chi connectivity index (χ3v) is 3.10. The molecule has 6 nitrogen and oxygen atoms in total. The van der Waals surface area contributed by atoms with E-state index >= 15 is 0 Å². The average Bonchev–Trinajstić information content (AvgIpc) is 2.98. The van der Waals surface area contributed by atoms with Gasteiger partial charge in [-0.25, -0.2) is 4.79 Å². The van der Waals surface area contributed by atoms with E-state index in [9.17, 15) is 4.79 Å². The molecular weight excluding hydrogens is 252 g/mol. The average molecular weight is 266 g/mol. The van der Waals surface area contributed by atoms with Crippen LogP contribution >= 0.6 is 11.3 Å². The molecule has 7 heteroatoms. The first kappa shape index (κ1) is 12.6. The lowest BCUT2D eigenvalue weighted by molar-refractivity contribution is 0.217. The number of rotatable bonds is 4. The quantitative estimate of drug-likeness (QED) is 0.912. The van der Waals surface area contributed by atoms with E-state index in [1.807, 2.05) is 17.5 Å². The molecule has 0 fully saturated rings. The van der Waals surface area contributed by atoms with Crippen LogP contribution in [0, 0.1) is 0 Å². The van der Waals surface area contributed by atoms with Gasteiger partial charge in [0, 0.05) is 27.1 Å². The molecule has 0 aliphatic carbocycles. The summed E-state index contributed by atoms with van der Waals surface area (Å²) in [6, 6.07) is 3.74. The molecule has 0 aliphatic heterocycles. The lowest BCUT2D eigenvalue weighted by Gasteiger charge is -2.10. The highest BCUT2D eigenvalue weighted by Gasteiger charge is 2.09. The second-order valence-corrected chi connectivity index (χ2v) is 4.81. The van der Waals surface area contributed by atoms with Gasteiger partial charge in [-0.05, 0) is 11.4 Å². The predicted molar refractivity (Wildman–Crippen MR) is 68.4 cm³/mol.